The molecule has 2 nitrogen and oxygen atoms in total. The van der Waals surface area contributed by atoms with Crippen LogP contribution >= 0.6 is 0 Å². The largest absolute Gasteiger partial charge is 0.412 e. The molecule has 70 valence electrons. The van der Waals surface area contributed by atoms with Gasteiger partial charge in [0.05, 0.1) is 5.70 Å². The van der Waals surface area contributed by atoms with Gasteiger partial charge in [-0.05, 0) is 18.9 Å². The van der Waals surface area contributed by atoms with Crippen molar-refractivity contribution < 1.29 is 18.0 Å². The van der Waals surface area contributed by atoms with Crippen molar-refractivity contribution in [2.24, 2.45) is 4.99 Å². The maximum absolute atomic E-state index is 12.0. The smallest absolute Gasteiger partial charge is 0.211 e. The molecule has 0 aromatic heterocycles. The van der Waals surface area contributed by atoms with Gasteiger partial charge in [0.2, 0.25) is 6.08 Å². The number of aliphatic imine (C=N–C) groups is 1. The fraction of sp³-hybridized carbons (Fsp3) is 0.375. The molecule has 1 aliphatic carbocycles. The molecule has 0 fully saturated rings. The van der Waals surface area contributed by atoms with Crippen LogP contribution in [0.15, 0.2) is 28.4 Å². The zero-order chi connectivity index (χ0) is 9.90. The molecule has 13 heavy (non-hydrogen) atoms. The predicted molar refractivity (Wildman–Crippen MR) is 39.6 cm³/mol. The number of alkyl halides is 3. The molecule has 0 bridgehead atoms. The summed E-state index contributed by atoms with van der Waals surface area (Å²) in [6, 6.07) is 0. The molecule has 1 aliphatic rings. The lowest BCUT2D eigenvalue weighted by Crippen LogP contribution is -2.13. The van der Waals surface area contributed by atoms with Gasteiger partial charge in [0.1, 0.15) is 0 Å². The second-order valence-electron chi connectivity index (χ2n) is 2.55. The summed E-state index contributed by atoms with van der Waals surface area (Å²) in [5.74, 6) is 0. The van der Waals surface area contributed by atoms with Crippen LogP contribution < -0.4 is 0 Å². The molecule has 0 saturated carbocycles. The van der Waals surface area contributed by atoms with Gasteiger partial charge >= 0.3 is 6.18 Å². The van der Waals surface area contributed by atoms with E-state index in [0.717, 1.165) is 6.08 Å². The Morgan fingerprint density at radius 1 is 1.31 bits per heavy atom. The average molecular weight is 189 g/mol. The third kappa shape index (κ3) is 2.56. The highest BCUT2D eigenvalue weighted by Gasteiger charge is 2.33. The molecule has 5 heteroatoms. The van der Waals surface area contributed by atoms with Crippen LogP contribution in [-0.4, -0.2) is 12.3 Å². The highest BCUT2D eigenvalue weighted by atomic mass is 19.4. The highest BCUT2D eigenvalue weighted by Crippen LogP contribution is 2.32. The van der Waals surface area contributed by atoms with E-state index in [1.165, 1.54) is 12.2 Å². The van der Waals surface area contributed by atoms with Crippen molar-refractivity contribution in [2.45, 2.75) is 19.0 Å². The fourth-order valence-electron chi connectivity index (χ4n) is 1.01. The molecule has 0 aromatic rings. The Kier molecular flexibility index (Phi) is 2.68. The SMILES string of the molecule is O=C=NC1=CC=C(C(F)(F)F)CC1. The summed E-state index contributed by atoms with van der Waals surface area (Å²) in [5, 5.41) is 0. The summed E-state index contributed by atoms with van der Waals surface area (Å²) in [5.41, 5.74) is -0.250. The lowest BCUT2D eigenvalue weighted by molar-refractivity contribution is -0.0941. The Balaban J connectivity index is 2.82. The first-order chi connectivity index (χ1) is 6.04. The minimum atomic E-state index is -4.27. The molecular weight excluding hydrogens is 183 g/mol. The van der Waals surface area contributed by atoms with Gasteiger partial charge in [-0.25, -0.2) is 4.79 Å². The Morgan fingerprint density at radius 3 is 2.38 bits per heavy atom. The number of nitrogens with zero attached hydrogens (tertiary/aromatic N) is 1. The fourth-order valence-corrected chi connectivity index (χ4v) is 1.01. The molecule has 0 radical (unpaired) electrons. The summed E-state index contributed by atoms with van der Waals surface area (Å²) >= 11 is 0. The van der Waals surface area contributed by atoms with Crippen LogP contribution in [0.5, 0.6) is 0 Å². The van der Waals surface area contributed by atoms with Crippen LogP contribution in [0.2, 0.25) is 0 Å². The molecule has 0 spiro atoms. The monoisotopic (exact) mass is 189 g/mol. The number of hydrogen-bond donors (Lipinski definition) is 0. The molecule has 0 aliphatic heterocycles. The van der Waals surface area contributed by atoms with Gasteiger partial charge in [0, 0.05) is 5.57 Å². The van der Waals surface area contributed by atoms with Crippen molar-refractivity contribution in [3.63, 3.8) is 0 Å². The number of carbonyl (C=O) groups excluding carboxylic acids is 1. The van der Waals surface area contributed by atoms with E-state index in [0.29, 0.717) is 5.70 Å². The van der Waals surface area contributed by atoms with Crippen LogP contribution in [0.1, 0.15) is 12.8 Å². The Bertz CT molecular complexity index is 308. The molecule has 0 unspecified atom stereocenters. The Hall–Kier alpha value is -1.35. The van der Waals surface area contributed by atoms with Gasteiger partial charge in [-0.15, -0.1) is 0 Å². The Labute approximate surface area is 72.5 Å². The maximum Gasteiger partial charge on any atom is 0.412 e. The van der Waals surface area contributed by atoms with E-state index in [1.54, 1.807) is 0 Å². The quantitative estimate of drug-likeness (QED) is 0.460. The molecule has 0 N–H and O–H groups in total. The van der Waals surface area contributed by atoms with Gasteiger partial charge in [0.15, 0.2) is 0 Å². The van der Waals surface area contributed by atoms with Crippen LogP contribution in [0.3, 0.4) is 0 Å². The van der Waals surface area contributed by atoms with Gasteiger partial charge in [-0.2, -0.15) is 18.2 Å². The minimum Gasteiger partial charge on any atom is -0.211 e. The zero-order valence-corrected chi connectivity index (χ0v) is 6.56. The van der Waals surface area contributed by atoms with Crippen molar-refractivity contribution >= 4 is 6.08 Å². The third-order valence-corrected chi connectivity index (χ3v) is 1.68. The number of isocyanates is 1. The molecule has 0 aromatic carbocycles. The van der Waals surface area contributed by atoms with Gasteiger partial charge in [-0.3, -0.25) is 0 Å². The minimum absolute atomic E-state index is 0.124. The van der Waals surface area contributed by atoms with Gasteiger partial charge in [-0.1, -0.05) is 6.08 Å². The van der Waals surface area contributed by atoms with Crippen molar-refractivity contribution in [1.82, 2.24) is 0 Å². The first-order valence-corrected chi connectivity index (χ1v) is 3.59. The third-order valence-electron chi connectivity index (χ3n) is 1.68. The normalized spacial score (nSPS) is 17.2. The summed E-state index contributed by atoms with van der Waals surface area (Å²) in [6.07, 6.45) is -0.833. The second kappa shape index (κ2) is 3.58. The van der Waals surface area contributed by atoms with Crippen molar-refractivity contribution in [1.29, 1.82) is 0 Å². The summed E-state index contributed by atoms with van der Waals surface area (Å²) < 4.78 is 36.1. The van der Waals surface area contributed by atoms with Crippen LogP contribution in [0.25, 0.3) is 0 Å². The number of rotatable bonds is 1. The zero-order valence-electron chi connectivity index (χ0n) is 6.56. The van der Waals surface area contributed by atoms with E-state index in [9.17, 15) is 18.0 Å². The summed E-state index contributed by atoms with van der Waals surface area (Å²) in [6.45, 7) is 0. The molecule has 1 rings (SSSR count). The molecular formula is C8H6F3NO. The first-order valence-electron chi connectivity index (χ1n) is 3.59. The topological polar surface area (TPSA) is 29.4 Å². The standard InChI is InChI=1S/C8H6F3NO/c9-8(10,11)6-1-3-7(4-2-6)12-5-13/h1,3H,2,4H2. The molecule has 0 amide bonds. The average Bonchev–Trinajstić information content (AvgIpc) is 2.04. The van der Waals surface area contributed by atoms with E-state index < -0.39 is 11.7 Å². The van der Waals surface area contributed by atoms with Crippen LogP contribution in [0, 0.1) is 0 Å². The van der Waals surface area contributed by atoms with E-state index in [2.05, 4.69) is 4.99 Å². The van der Waals surface area contributed by atoms with E-state index in [1.807, 2.05) is 0 Å². The van der Waals surface area contributed by atoms with E-state index in [-0.39, 0.29) is 12.8 Å². The second-order valence-corrected chi connectivity index (χ2v) is 2.55. The maximum atomic E-state index is 12.0. The van der Waals surface area contributed by atoms with Crippen LogP contribution in [0.4, 0.5) is 13.2 Å². The first kappa shape index (κ1) is 9.74. The lowest BCUT2D eigenvalue weighted by atomic mass is 10.0. The van der Waals surface area contributed by atoms with E-state index in [4.69, 9.17) is 0 Å². The van der Waals surface area contributed by atoms with Crippen molar-refractivity contribution in [2.75, 3.05) is 0 Å². The summed E-state index contributed by atoms with van der Waals surface area (Å²) in [4.78, 5) is 13.0. The molecule has 0 atom stereocenters. The number of halogens is 3. The predicted octanol–water partition coefficient (Wildman–Crippen LogP) is 2.49. The number of allylic oxidation sites excluding steroid dienone is 4. The van der Waals surface area contributed by atoms with Gasteiger partial charge in [0.25, 0.3) is 0 Å². The number of hydrogen-bond acceptors (Lipinski definition) is 2. The van der Waals surface area contributed by atoms with Gasteiger partial charge < -0.3 is 0 Å². The molecule has 0 heterocycles. The Morgan fingerprint density at radius 2 is 2.00 bits per heavy atom. The highest BCUT2D eigenvalue weighted by molar-refractivity contribution is 5.39. The summed E-state index contributed by atoms with van der Waals surface area (Å²) in [7, 11) is 0. The van der Waals surface area contributed by atoms with Crippen molar-refractivity contribution in [3.05, 3.63) is 23.4 Å². The lowest BCUT2D eigenvalue weighted by Gasteiger charge is -2.13. The molecule has 0 saturated heterocycles. The van der Waals surface area contributed by atoms with Crippen molar-refractivity contribution in [3.8, 4) is 0 Å². The van der Waals surface area contributed by atoms with Crippen LogP contribution in [-0.2, 0) is 4.79 Å². The van der Waals surface area contributed by atoms with E-state index >= 15 is 0 Å².